The smallest absolute Gasteiger partial charge is 0.337 e. The SMILES string of the molecule is CC[C@H]1CN2CCc3cc(OC)c(OC)cc3[C@@H]2C[C@@H]1C[C@@H]1c2cc(OC)c(OC)cc2CCN1C(=O)C1=C[C@@H](c2ccc(C(=O)OC)cc2)C[C@@H](OCCCCO)O1. The number of piperidine rings is 1. The number of unbranched alkanes of at least 4 members (excludes halogenated alkanes) is 1. The molecule has 59 heavy (non-hydrogen) atoms. The lowest BCUT2D eigenvalue weighted by Crippen LogP contribution is -2.48. The highest BCUT2D eigenvalue weighted by Crippen LogP contribution is 2.50. The van der Waals surface area contributed by atoms with Crippen LogP contribution < -0.4 is 18.9 Å². The second kappa shape index (κ2) is 19.1. The molecule has 3 aromatic carbocycles. The lowest BCUT2D eigenvalue weighted by atomic mass is 9.72. The summed E-state index contributed by atoms with van der Waals surface area (Å²) in [5.74, 6) is 3.03. The molecule has 1 fully saturated rings. The summed E-state index contributed by atoms with van der Waals surface area (Å²) in [4.78, 5) is 32.0. The molecule has 6 atom stereocenters. The third kappa shape index (κ3) is 8.90. The number of fused-ring (bicyclic) bond motifs is 4. The average Bonchev–Trinajstić information content (AvgIpc) is 3.28. The Morgan fingerprint density at radius 2 is 1.44 bits per heavy atom. The molecule has 0 aliphatic carbocycles. The van der Waals surface area contributed by atoms with Crippen molar-refractivity contribution in [2.24, 2.45) is 11.8 Å². The van der Waals surface area contributed by atoms with Crippen molar-refractivity contribution < 1.29 is 47.9 Å². The molecule has 0 saturated carbocycles. The Morgan fingerprint density at radius 3 is 2.08 bits per heavy atom. The Hall–Kier alpha value is -4.78. The van der Waals surface area contributed by atoms with E-state index in [2.05, 4.69) is 36.1 Å². The Kier molecular flexibility index (Phi) is 13.7. The second-order valence-electron chi connectivity index (χ2n) is 16.1. The van der Waals surface area contributed by atoms with Gasteiger partial charge in [-0.05, 0) is 121 Å². The molecule has 1 saturated heterocycles. The maximum atomic E-state index is 15.1. The van der Waals surface area contributed by atoms with Gasteiger partial charge in [-0.1, -0.05) is 25.5 Å². The van der Waals surface area contributed by atoms with Crippen LogP contribution in [0.2, 0.25) is 0 Å². The van der Waals surface area contributed by atoms with Crippen LogP contribution in [-0.2, 0) is 31.8 Å². The molecule has 0 unspecified atom stereocenters. The van der Waals surface area contributed by atoms with Crippen LogP contribution in [0.15, 0.2) is 60.4 Å². The molecular formula is C47H60N2O10. The molecule has 12 heteroatoms. The van der Waals surface area contributed by atoms with Crippen LogP contribution >= 0.6 is 0 Å². The van der Waals surface area contributed by atoms with Gasteiger partial charge < -0.3 is 43.2 Å². The van der Waals surface area contributed by atoms with Gasteiger partial charge in [0.2, 0.25) is 6.29 Å². The minimum atomic E-state index is -0.668. The zero-order chi connectivity index (χ0) is 41.6. The summed E-state index contributed by atoms with van der Waals surface area (Å²) in [5.41, 5.74) is 6.21. The number of ether oxygens (including phenoxy) is 7. The topological polar surface area (TPSA) is 125 Å². The summed E-state index contributed by atoms with van der Waals surface area (Å²) in [7, 11) is 8.05. The van der Waals surface area contributed by atoms with E-state index in [9.17, 15) is 9.90 Å². The molecule has 1 amide bonds. The first-order chi connectivity index (χ1) is 28.7. The fraction of sp³-hybridized carbons (Fsp3) is 0.532. The van der Waals surface area contributed by atoms with Crippen LogP contribution in [0.4, 0.5) is 0 Å². The standard InChI is InChI=1S/C47H60N2O10/c1-7-29-28-48-16-14-32-22-40(53-2)42(55-4)26-36(32)38(48)20-34(29)21-39-37-27-43(56-5)41(54-3)23-33(37)15-17-49(39)46(51)44-24-35(25-45(59-44)58-19-9-8-18-50)30-10-12-31(13-11-30)47(52)57-6/h10-13,22-24,26-27,29,34-35,38-39,45,50H,7-9,14-21,25,28H2,1-6H3/t29-,34+,35+,38-,39+,45-/m0/s1. The predicted octanol–water partition coefficient (Wildman–Crippen LogP) is 7.17. The van der Waals surface area contributed by atoms with Crippen molar-refractivity contribution in [3.05, 3.63) is 93.7 Å². The van der Waals surface area contributed by atoms with Crippen LogP contribution in [0.1, 0.15) is 102 Å². The van der Waals surface area contributed by atoms with Crippen molar-refractivity contribution >= 4 is 11.9 Å². The van der Waals surface area contributed by atoms with Crippen molar-refractivity contribution in [2.45, 2.75) is 82.6 Å². The molecular weight excluding hydrogens is 753 g/mol. The fourth-order valence-corrected chi connectivity index (χ4v) is 9.77. The van der Waals surface area contributed by atoms with Gasteiger partial charge in [0.25, 0.3) is 5.91 Å². The third-order valence-electron chi connectivity index (χ3n) is 13.0. The Morgan fingerprint density at radius 1 is 0.797 bits per heavy atom. The lowest BCUT2D eigenvalue weighted by molar-refractivity contribution is -0.155. The van der Waals surface area contributed by atoms with Crippen LogP contribution in [-0.4, -0.2) is 101 Å². The maximum Gasteiger partial charge on any atom is 0.337 e. The molecule has 4 heterocycles. The monoisotopic (exact) mass is 812 g/mol. The van der Waals surface area contributed by atoms with Gasteiger partial charge >= 0.3 is 5.97 Å². The number of aliphatic hydroxyl groups is 1. The number of rotatable bonds is 15. The van der Waals surface area contributed by atoms with Crippen molar-refractivity contribution in [1.29, 1.82) is 0 Å². The normalized spacial score (nSPS) is 23.8. The second-order valence-corrected chi connectivity index (χ2v) is 16.1. The number of aliphatic hydroxyl groups excluding tert-OH is 1. The van der Waals surface area contributed by atoms with E-state index in [1.807, 2.05) is 23.1 Å². The Balaban J connectivity index is 1.24. The number of carbonyl (C=O) groups excluding carboxylic acids is 2. The molecule has 0 bridgehead atoms. The van der Waals surface area contributed by atoms with Gasteiger partial charge in [-0.3, -0.25) is 9.69 Å². The van der Waals surface area contributed by atoms with E-state index in [-0.39, 0.29) is 36.3 Å². The number of benzene rings is 3. The summed E-state index contributed by atoms with van der Waals surface area (Å²) in [6.45, 7) is 5.24. The summed E-state index contributed by atoms with van der Waals surface area (Å²) >= 11 is 0. The van der Waals surface area contributed by atoms with E-state index >= 15 is 4.79 Å². The van der Waals surface area contributed by atoms with E-state index in [0.717, 1.165) is 67.0 Å². The summed E-state index contributed by atoms with van der Waals surface area (Å²) in [6, 6.07) is 15.7. The van der Waals surface area contributed by atoms with Gasteiger partial charge in [0.15, 0.2) is 28.8 Å². The highest BCUT2D eigenvalue weighted by Gasteiger charge is 2.43. The van der Waals surface area contributed by atoms with Gasteiger partial charge in [0.1, 0.15) is 0 Å². The molecule has 12 nitrogen and oxygen atoms in total. The number of carbonyl (C=O) groups is 2. The van der Waals surface area contributed by atoms with Crippen molar-refractivity contribution in [3.8, 4) is 23.0 Å². The summed E-state index contributed by atoms with van der Waals surface area (Å²) in [6.07, 6.45) is 7.39. The zero-order valence-corrected chi connectivity index (χ0v) is 35.4. The molecule has 0 radical (unpaired) electrons. The maximum absolute atomic E-state index is 15.1. The zero-order valence-electron chi connectivity index (χ0n) is 35.4. The molecule has 1 N–H and O–H groups in total. The molecule has 0 aromatic heterocycles. The number of methoxy groups -OCH3 is 5. The van der Waals surface area contributed by atoms with E-state index in [0.29, 0.717) is 67.7 Å². The van der Waals surface area contributed by atoms with E-state index in [1.54, 1.807) is 40.6 Å². The third-order valence-corrected chi connectivity index (χ3v) is 13.0. The molecule has 4 aliphatic heterocycles. The number of hydrogen-bond donors (Lipinski definition) is 1. The number of nitrogens with zero attached hydrogens (tertiary/aromatic N) is 2. The van der Waals surface area contributed by atoms with Crippen molar-refractivity contribution in [2.75, 3.05) is 68.4 Å². The molecule has 3 aromatic rings. The number of amides is 1. The first-order valence-corrected chi connectivity index (χ1v) is 21.1. The molecule has 4 aliphatic rings. The molecule has 318 valence electrons. The number of hydrogen-bond acceptors (Lipinski definition) is 11. The molecule has 0 spiro atoms. The van der Waals surface area contributed by atoms with Crippen LogP contribution in [0.25, 0.3) is 0 Å². The predicted molar refractivity (Wildman–Crippen MR) is 222 cm³/mol. The van der Waals surface area contributed by atoms with Crippen molar-refractivity contribution in [3.63, 3.8) is 0 Å². The highest BCUT2D eigenvalue weighted by molar-refractivity contribution is 5.92. The largest absolute Gasteiger partial charge is 0.493 e. The van der Waals surface area contributed by atoms with Gasteiger partial charge in [0, 0.05) is 44.6 Å². The quantitative estimate of drug-likeness (QED) is 0.124. The van der Waals surface area contributed by atoms with Crippen LogP contribution in [0.5, 0.6) is 23.0 Å². The minimum absolute atomic E-state index is 0.0796. The lowest BCUT2D eigenvalue weighted by Gasteiger charge is -2.49. The Bertz CT molecular complexity index is 1980. The van der Waals surface area contributed by atoms with Gasteiger partial charge in [0.05, 0.1) is 53.8 Å². The van der Waals surface area contributed by atoms with Crippen molar-refractivity contribution in [1.82, 2.24) is 9.80 Å². The van der Waals surface area contributed by atoms with Crippen LogP contribution in [0, 0.1) is 11.8 Å². The van der Waals surface area contributed by atoms with Gasteiger partial charge in [-0.25, -0.2) is 4.79 Å². The fourth-order valence-electron chi connectivity index (χ4n) is 9.77. The van der Waals surface area contributed by atoms with E-state index in [1.165, 1.54) is 18.2 Å². The first-order valence-electron chi connectivity index (χ1n) is 21.1. The molecule has 7 rings (SSSR count). The average molecular weight is 813 g/mol. The number of allylic oxidation sites excluding steroid dienone is 1. The van der Waals surface area contributed by atoms with E-state index < -0.39 is 12.3 Å². The number of esters is 1. The van der Waals surface area contributed by atoms with Crippen LogP contribution in [0.3, 0.4) is 0 Å². The highest BCUT2D eigenvalue weighted by atomic mass is 16.7. The van der Waals surface area contributed by atoms with Gasteiger partial charge in [-0.2, -0.15) is 0 Å². The summed E-state index contributed by atoms with van der Waals surface area (Å²) < 4.78 is 40.7. The first kappa shape index (κ1) is 42.3. The minimum Gasteiger partial charge on any atom is -0.493 e. The summed E-state index contributed by atoms with van der Waals surface area (Å²) in [5, 5.41) is 9.37. The Labute approximate surface area is 348 Å². The van der Waals surface area contributed by atoms with E-state index in [4.69, 9.17) is 33.2 Å². The van der Waals surface area contributed by atoms with Gasteiger partial charge in [-0.15, -0.1) is 0 Å².